The molecule has 9 aromatic rings. The number of ether oxygens (including phenoxy) is 3. The summed E-state index contributed by atoms with van der Waals surface area (Å²) in [6.45, 7) is 0. The number of methoxy groups -OCH3 is 3. The molecule has 0 atom stereocenters. The van der Waals surface area contributed by atoms with E-state index in [0.29, 0.717) is 0 Å². The number of hydrogen-bond acceptors (Lipinski definition) is 4. The first-order chi connectivity index (χ1) is 31.6. The Morgan fingerprint density at radius 3 is 0.609 bits per heavy atom. The Kier molecular flexibility index (Phi) is 12.2. The van der Waals surface area contributed by atoms with Crippen LogP contribution in [0.4, 0.5) is 17.1 Å². The van der Waals surface area contributed by atoms with E-state index >= 15 is 0 Å². The van der Waals surface area contributed by atoms with Gasteiger partial charge in [-0.25, -0.2) is 0 Å². The number of hydrogen-bond donors (Lipinski definition) is 0. The molecule has 4 heteroatoms. The molecule has 0 bridgehead atoms. The fourth-order valence-electron chi connectivity index (χ4n) is 9.58. The summed E-state index contributed by atoms with van der Waals surface area (Å²) in [5.74, 6) is 0. The molecule has 0 aliphatic heterocycles. The summed E-state index contributed by atoms with van der Waals surface area (Å²) < 4.78 is 20.1. The van der Waals surface area contributed by atoms with Gasteiger partial charge in [0.15, 0.2) is 0 Å². The minimum atomic E-state index is -1.02. The van der Waals surface area contributed by atoms with Crippen molar-refractivity contribution in [2.75, 3.05) is 26.2 Å². The van der Waals surface area contributed by atoms with Crippen molar-refractivity contribution in [3.05, 3.63) is 305 Å². The zero-order chi connectivity index (χ0) is 43.8. The molecule has 64 heavy (non-hydrogen) atoms. The molecule has 0 heterocycles. The van der Waals surface area contributed by atoms with Crippen molar-refractivity contribution in [3.63, 3.8) is 0 Å². The van der Waals surface area contributed by atoms with Gasteiger partial charge in [-0.05, 0) is 86.5 Å². The highest BCUT2D eigenvalue weighted by atomic mass is 16.5. The fourth-order valence-corrected chi connectivity index (χ4v) is 9.58. The van der Waals surface area contributed by atoms with Gasteiger partial charge in [0.2, 0.25) is 0 Å². The normalized spacial score (nSPS) is 11.9. The minimum Gasteiger partial charge on any atom is -0.364 e. The lowest BCUT2D eigenvalue weighted by molar-refractivity contribution is 0.0543. The van der Waals surface area contributed by atoms with Crippen LogP contribution in [0.1, 0.15) is 50.1 Å². The number of rotatable bonds is 15. The third-order valence-corrected chi connectivity index (χ3v) is 12.6. The van der Waals surface area contributed by atoms with Gasteiger partial charge in [0, 0.05) is 38.4 Å². The molecular weight excluding hydrogens is 783 g/mol. The van der Waals surface area contributed by atoms with Crippen LogP contribution < -0.4 is 4.90 Å². The Hall–Kier alpha value is -7.34. The largest absolute Gasteiger partial charge is 0.364 e. The maximum atomic E-state index is 6.93. The van der Waals surface area contributed by atoms with Gasteiger partial charge in [0.25, 0.3) is 0 Å². The van der Waals surface area contributed by atoms with Crippen molar-refractivity contribution in [1.82, 2.24) is 0 Å². The van der Waals surface area contributed by atoms with Crippen LogP contribution >= 0.6 is 0 Å². The van der Waals surface area contributed by atoms with Crippen LogP contribution in [0.3, 0.4) is 0 Å². The third-order valence-electron chi connectivity index (χ3n) is 12.6. The maximum Gasteiger partial charge on any atom is 0.143 e. The molecule has 0 aliphatic carbocycles. The molecule has 0 unspecified atom stereocenters. The molecule has 4 nitrogen and oxygen atoms in total. The van der Waals surface area contributed by atoms with Gasteiger partial charge < -0.3 is 19.1 Å². The first kappa shape index (κ1) is 42.0. The van der Waals surface area contributed by atoms with Gasteiger partial charge in [0.1, 0.15) is 16.8 Å². The molecule has 0 saturated carbocycles. The second-order valence-corrected chi connectivity index (χ2v) is 15.8. The van der Waals surface area contributed by atoms with E-state index in [1.165, 1.54) is 0 Å². The average Bonchev–Trinajstić information content (AvgIpc) is 3.38. The van der Waals surface area contributed by atoms with Crippen LogP contribution in [0.15, 0.2) is 255 Å². The van der Waals surface area contributed by atoms with Crippen LogP contribution in [0.25, 0.3) is 0 Å². The standard InChI is InChI=1S/C60H51NO3/c1-62-58(46-22-10-4-11-23-46,47-24-12-5-13-25-47)50-34-38-52(39-35-50)60(64-3,54-42-44-57(45-43-54)61(55-30-18-8-19-31-55)56-32-20-9-21-33-56)53-40-36-51(37-41-53)59(63-2,48-26-14-6-15-27-48)49-28-16-7-17-29-49/h4-45H,1-3H3. The number of nitrogens with zero attached hydrogens (tertiary/aromatic N) is 1. The number of para-hydroxylation sites is 2. The molecule has 9 aromatic carbocycles. The first-order valence-electron chi connectivity index (χ1n) is 21.7. The third kappa shape index (κ3) is 7.42. The van der Waals surface area contributed by atoms with Crippen LogP contribution in [0.5, 0.6) is 0 Å². The summed E-state index contributed by atoms with van der Waals surface area (Å²) in [6, 6.07) is 88.9. The van der Waals surface area contributed by atoms with Gasteiger partial charge in [-0.2, -0.15) is 0 Å². The van der Waals surface area contributed by atoms with Crippen LogP contribution in [-0.4, -0.2) is 21.3 Å². The lowest BCUT2D eigenvalue weighted by atomic mass is 9.75. The van der Waals surface area contributed by atoms with Crippen molar-refractivity contribution >= 4 is 17.1 Å². The predicted molar refractivity (Wildman–Crippen MR) is 260 cm³/mol. The monoisotopic (exact) mass is 833 g/mol. The van der Waals surface area contributed by atoms with Crippen molar-refractivity contribution in [2.45, 2.75) is 16.8 Å². The lowest BCUT2D eigenvalue weighted by Gasteiger charge is -2.38. The molecule has 314 valence electrons. The van der Waals surface area contributed by atoms with Gasteiger partial charge in [-0.1, -0.05) is 218 Å². The van der Waals surface area contributed by atoms with E-state index in [0.717, 1.165) is 67.1 Å². The molecule has 0 saturated heterocycles. The first-order valence-corrected chi connectivity index (χ1v) is 21.7. The average molecular weight is 834 g/mol. The van der Waals surface area contributed by atoms with Crippen molar-refractivity contribution in [1.29, 1.82) is 0 Å². The zero-order valence-electron chi connectivity index (χ0n) is 36.4. The van der Waals surface area contributed by atoms with Crippen LogP contribution in [0.2, 0.25) is 0 Å². The van der Waals surface area contributed by atoms with E-state index in [1.54, 1.807) is 21.3 Å². The smallest absolute Gasteiger partial charge is 0.143 e. The second kappa shape index (κ2) is 18.6. The number of anilines is 3. The van der Waals surface area contributed by atoms with E-state index in [4.69, 9.17) is 14.2 Å². The summed E-state index contributed by atoms with van der Waals surface area (Å²) in [7, 11) is 5.38. The summed E-state index contributed by atoms with van der Waals surface area (Å²) in [4.78, 5) is 2.27. The van der Waals surface area contributed by atoms with Crippen molar-refractivity contribution in [3.8, 4) is 0 Å². The Balaban J connectivity index is 1.22. The van der Waals surface area contributed by atoms with Gasteiger partial charge in [0.05, 0.1) is 0 Å². The molecule has 0 N–H and O–H groups in total. The summed E-state index contributed by atoms with van der Waals surface area (Å²) in [5.41, 5.74) is 9.55. The molecule has 0 fully saturated rings. The summed E-state index contributed by atoms with van der Waals surface area (Å²) in [6.07, 6.45) is 0. The Morgan fingerprint density at radius 2 is 0.391 bits per heavy atom. The Morgan fingerprint density at radius 1 is 0.219 bits per heavy atom. The zero-order valence-corrected chi connectivity index (χ0v) is 36.4. The summed E-state index contributed by atoms with van der Waals surface area (Å²) >= 11 is 0. The molecule has 0 spiro atoms. The lowest BCUT2D eigenvalue weighted by Crippen LogP contribution is -2.34. The molecular formula is C60H51NO3. The van der Waals surface area contributed by atoms with Crippen molar-refractivity contribution < 1.29 is 14.2 Å². The SMILES string of the molecule is COC(c1ccccc1)(c1ccccc1)c1ccc(C(OC)(c2ccc(N(c3ccccc3)c3ccccc3)cc2)c2ccc(C(OC)(c3ccccc3)c3ccccc3)cc2)cc1. The highest BCUT2D eigenvalue weighted by molar-refractivity contribution is 5.76. The molecule has 0 aromatic heterocycles. The van der Waals surface area contributed by atoms with Gasteiger partial charge in [-0.3, -0.25) is 0 Å². The fraction of sp³-hybridized carbons (Fsp3) is 0.100. The maximum absolute atomic E-state index is 6.93. The van der Waals surface area contributed by atoms with E-state index < -0.39 is 16.8 Å². The molecule has 0 aliphatic rings. The van der Waals surface area contributed by atoms with Crippen molar-refractivity contribution in [2.24, 2.45) is 0 Å². The Labute approximate surface area is 377 Å². The predicted octanol–water partition coefficient (Wildman–Crippen LogP) is 14.0. The van der Waals surface area contributed by atoms with E-state index in [-0.39, 0.29) is 0 Å². The van der Waals surface area contributed by atoms with Gasteiger partial charge in [-0.15, -0.1) is 0 Å². The minimum absolute atomic E-state index is 0.850. The highest BCUT2D eigenvalue weighted by Gasteiger charge is 2.41. The topological polar surface area (TPSA) is 30.9 Å². The Bertz CT molecular complexity index is 2580. The van der Waals surface area contributed by atoms with E-state index in [9.17, 15) is 0 Å². The molecule has 9 rings (SSSR count). The van der Waals surface area contributed by atoms with Crippen LogP contribution in [-0.2, 0) is 31.0 Å². The van der Waals surface area contributed by atoms with E-state index in [2.05, 4.69) is 223 Å². The van der Waals surface area contributed by atoms with E-state index in [1.807, 2.05) is 36.4 Å². The quantitative estimate of drug-likeness (QED) is 0.0963. The summed E-state index contributed by atoms with van der Waals surface area (Å²) in [5, 5.41) is 0. The molecule has 0 amide bonds. The highest BCUT2D eigenvalue weighted by Crippen LogP contribution is 2.46. The van der Waals surface area contributed by atoms with Gasteiger partial charge >= 0.3 is 0 Å². The second-order valence-electron chi connectivity index (χ2n) is 15.8. The number of benzene rings is 9. The van der Waals surface area contributed by atoms with Crippen LogP contribution in [0, 0.1) is 0 Å². The molecule has 0 radical (unpaired) electrons.